The van der Waals surface area contributed by atoms with E-state index in [0.29, 0.717) is 40.8 Å². The molecule has 0 unspecified atom stereocenters. The fourth-order valence-corrected chi connectivity index (χ4v) is 5.27. The van der Waals surface area contributed by atoms with Gasteiger partial charge in [0.15, 0.2) is 5.65 Å². The summed E-state index contributed by atoms with van der Waals surface area (Å²) < 4.78 is 17.0. The summed E-state index contributed by atoms with van der Waals surface area (Å²) in [5.41, 5.74) is 5.36. The minimum absolute atomic E-state index is 0.157. The molecule has 1 saturated heterocycles. The minimum Gasteiger partial charge on any atom is -0.395 e. The lowest BCUT2D eigenvalue weighted by molar-refractivity contribution is 0.0694. The van der Waals surface area contributed by atoms with Gasteiger partial charge in [-0.15, -0.1) is 0 Å². The van der Waals surface area contributed by atoms with E-state index >= 15 is 4.39 Å². The van der Waals surface area contributed by atoms with Gasteiger partial charge in [0.05, 0.1) is 35.4 Å². The number of hydrogen-bond donors (Lipinski definition) is 1. The van der Waals surface area contributed by atoms with Gasteiger partial charge in [-0.05, 0) is 70.4 Å². The largest absolute Gasteiger partial charge is 0.395 e. The van der Waals surface area contributed by atoms with Crippen LogP contribution in [0.15, 0.2) is 30.5 Å². The number of aromatic nitrogens is 5. The minimum atomic E-state index is -0.321. The second-order valence-corrected chi connectivity index (χ2v) is 9.35. The van der Waals surface area contributed by atoms with Crippen LogP contribution in [0.5, 0.6) is 0 Å². The quantitative estimate of drug-likeness (QED) is 0.508. The molecule has 3 aromatic heterocycles. The Morgan fingerprint density at radius 3 is 2.55 bits per heavy atom. The van der Waals surface area contributed by atoms with Gasteiger partial charge in [-0.1, -0.05) is 0 Å². The van der Waals surface area contributed by atoms with Crippen molar-refractivity contribution < 1.29 is 9.50 Å². The molecule has 1 aromatic carbocycles. The SMILES string of the molecule is Cc1cn2nc(-c3cc(F)c4cc(C5C[C@@H](C)N(CCO)[C@H](C)C5)nnc4c3)cc(C)c2n1. The van der Waals surface area contributed by atoms with Gasteiger partial charge >= 0.3 is 0 Å². The maximum absolute atomic E-state index is 15.3. The van der Waals surface area contributed by atoms with Crippen LogP contribution in [0.4, 0.5) is 4.39 Å². The van der Waals surface area contributed by atoms with Crippen molar-refractivity contribution in [1.82, 2.24) is 29.7 Å². The highest BCUT2D eigenvalue weighted by Crippen LogP contribution is 2.35. The van der Waals surface area contributed by atoms with Crippen molar-refractivity contribution in [1.29, 1.82) is 0 Å². The Bertz CT molecular complexity index is 1320. The molecule has 0 saturated carbocycles. The van der Waals surface area contributed by atoms with E-state index in [1.807, 2.05) is 38.2 Å². The molecule has 1 aliphatic heterocycles. The number of aliphatic hydroxyl groups is 1. The van der Waals surface area contributed by atoms with Crippen LogP contribution < -0.4 is 0 Å². The Morgan fingerprint density at radius 1 is 1.06 bits per heavy atom. The van der Waals surface area contributed by atoms with Gasteiger partial charge in [0.2, 0.25) is 0 Å². The zero-order valence-corrected chi connectivity index (χ0v) is 19.5. The molecule has 0 spiro atoms. The molecule has 0 radical (unpaired) electrons. The predicted octanol–water partition coefficient (Wildman–Crippen LogP) is 4.04. The topological polar surface area (TPSA) is 79.4 Å². The average Bonchev–Trinajstić information content (AvgIpc) is 3.16. The van der Waals surface area contributed by atoms with Crippen LogP contribution in [0.3, 0.4) is 0 Å². The molecule has 1 N–H and O–H groups in total. The number of likely N-dealkylation sites (tertiary alicyclic amines) is 1. The van der Waals surface area contributed by atoms with Crippen LogP contribution in [0.25, 0.3) is 27.8 Å². The van der Waals surface area contributed by atoms with E-state index in [9.17, 15) is 5.11 Å². The third-order valence-electron chi connectivity index (χ3n) is 6.86. The molecule has 1 fully saturated rings. The molecule has 172 valence electrons. The van der Waals surface area contributed by atoms with Crippen LogP contribution in [0, 0.1) is 19.7 Å². The number of aliphatic hydroxyl groups excluding tert-OH is 1. The van der Waals surface area contributed by atoms with Gasteiger partial charge in [-0.2, -0.15) is 15.3 Å². The molecule has 5 rings (SSSR count). The number of rotatable bonds is 4. The Kier molecular flexibility index (Phi) is 5.58. The van der Waals surface area contributed by atoms with E-state index in [1.165, 1.54) is 6.07 Å². The maximum atomic E-state index is 15.3. The van der Waals surface area contributed by atoms with Gasteiger partial charge in [-0.3, -0.25) is 4.90 Å². The molecule has 33 heavy (non-hydrogen) atoms. The molecule has 4 heterocycles. The Morgan fingerprint density at radius 2 is 1.82 bits per heavy atom. The first kappa shape index (κ1) is 21.9. The van der Waals surface area contributed by atoms with E-state index in [1.54, 1.807) is 4.52 Å². The van der Waals surface area contributed by atoms with Crippen molar-refractivity contribution in [3.8, 4) is 11.3 Å². The van der Waals surface area contributed by atoms with E-state index in [0.717, 1.165) is 35.4 Å². The van der Waals surface area contributed by atoms with Crippen molar-refractivity contribution in [3.63, 3.8) is 0 Å². The van der Waals surface area contributed by atoms with Gasteiger partial charge < -0.3 is 5.11 Å². The molecule has 4 aromatic rings. The zero-order valence-electron chi connectivity index (χ0n) is 19.5. The molecule has 0 bridgehead atoms. The third kappa shape index (κ3) is 3.98. The first-order valence-corrected chi connectivity index (χ1v) is 11.5. The van der Waals surface area contributed by atoms with Crippen LogP contribution in [0.1, 0.15) is 49.6 Å². The fraction of sp³-hybridized carbons (Fsp3) is 0.440. The van der Waals surface area contributed by atoms with E-state index in [4.69, 9.17) is 0 Å². The van der Waals surface area contributed by atoms with E-state index in [-0.39, 0.29) is 18.3 Å². The number of hydrogen-bond acceptors (Lipinski definition) is 6. The molecule has 0 aliphatic carbocycles. The third-order valence-corrected chi connectivity index (χ3v) is 6.86. The summed E-state index contributed by atoms with van der Waals surface area (Å²) in [4.78, 5) is 6.81. The Labute approximate surface area is 192 Å². The number of fused-ring (bicyclic) bond motifs is 2. The summed E-state index contributed by atoms with van der Waals surface area (Å²) in [5.74, 6) is -0.101. The molecular formula is C25H29FN6O. The van der Waals surface area contributed by atoms with Gasteiger partial charge in [0.1, 0.15) is 5.82 Å². The van der Waals surface area contributed by atoms with Crippen LogP contribution >= 0.6 is 0 Å². The Hall–Kier alpha value is -2.97. The fourth-order valence-electron chi connectivity index (χ4n) is 5.27. The van der Waals surface area contributed by atoms with Crippen LogP contribution in [0.2, 0.25) is 0 Å². The van der Waals surface area contributed by atoms with Crippen molar-refractivity contribution in [2.24, 2.45) is 0 Å². The van der Waals surface area contributed by atoms with Crippen molar-refractivity contribution in [2.75, 3.05) is 13.2 Å². The van der Waals surface area contributed by atoms with Crippen molar-refractivity contribution in [2.45, 2.75) is 58.5 Å². The number of aryl methyl sites for hydroxylation is 2. The van der Waals surface area contributed by atoms with Crippen LogP contribution in [-0.4, -0.2) is 60.0 Å². The highest BCUT2D eigenvalue weighted by Gasteiger charge is 2.32. The zero-order chi connectivity index (χ0) is 23.3. The summed E-state index contributed by atoms with van der Waals surface area (Å²) in [7, 11) is 0. The molecule has 1 aliphatic rings. The normalized spacial score (nSPS) is 21.8. The smallest absolute Gasteiger partial charge is 0.156 e. The van der Waals surface area contributed by atoms with E-state index < -0.39 is 0 Å². The standard InChI is InChI=1S/C25H29FN6O/c1-14-7-23(30-32-13-15(2)27-25(14)32)19-10-21(26)20-12-22(28-29-24(20)11-19)18-8-16(3)31(5-6-33)17(4)9-18/h7,10-13,16-18,33H,5-6,8-9H2,1-4H3/t16-,17-/m1/s1. The lowest BCUT2D eigenvalue weighted by atomic mass is 9.84. The van der Waals surface area contributed by atoms with Crippen LogP contribution in [-0.2, 0) is 0 Å². The summed E-state index contributed by atoms with van der Waals surface area (Å²) in [5, 5.41) is 23.4. The van der Waals surface area contributed by atoms with Crippen molar-refractivity contribution >= 4 is 16.6 Å². The average molecular weight is 449 g/mol. The van der Waals surface area contributed by atoms with Crippen molar-refractivity contribution in [3.05, 3.63) is 53.2 Å². The molecule has 7 nitrogen and oxygen atoms in total. The summed E-state index contributed by atoms with van der Waals surface area (Å²) >= 11 is 0. The van der Waals surface area contributed by atoms with E-state index in [2.05, 4.69) is 39.0 Å². The van der Waals surface area contributed by atoms with Gasteiger partial charge in [-0.25, -0.2) is 13.9 Å². The number of benzene rings is 1. The number of piperidine rings is 1. The number of halogens is 1. The molecular weight excluding hydrogens is 419 g/mol. The maximum Gasteiger partial charge on any atom is 0.156 e. The summed E-state index contributed by atoms with van der Waals surface area (Å²) in [6.45, 7) is 9.08. The second-order valence-electron chi connectivity index (χ2n) is 9.35. The van der Waals surface area contributed by atoms with Gasteiger partial charge in [0, 0.05) is 35.5 Å². The number of β-amino-alcohol motifs (C(OH)–C–C–N with tert-alkyl or cyclic N) is 1. The lowest BCUT2D eigenvalue weighted by Gasteiger charge is -2.42. The molecule has 0 amide bonds. The highest BCUT2D eigenvalue weighted by molar-refractivity contribution is 5.84. The first-order valence-electron chi connectivity index (χ1n) is 11.5. The Balaban J connectivity index is 1.49. The summed E-state index contributed by atoms with van der Waals surface area (Å²) in [6.07, 6.45) is 3.69. The second kappa shape index (κ2) is 8.43. The lowest BCUT2D eigenvalue weighted by Crippen LogP contribution is -2.47. The first-order chi connectivity index (χ1) is 15.8. The summed E-state index contributed by atoms with van der Waals surface area (Å²) in [6, 6.07) is 7.81. The molecule has 2 atom stereocenters. The van der Waals surface area contributed by atoms with Gasteiger partial charge in [0.25, 0.3) is 0 Å². The predicted molar refractivity (Wildman–Crippen MR) is 126 cm³/mol. The monoisotopic (exact) mass is 448 g/mol. The molecule has 8 heteroatoms. The number of nitrogens with zero attached hydrogens (tertiary/aromatic N) is 6. The number of imidazole rings is 1. The highest BCUT2D eigenvalue weighted by atomic mass is 19.1.